The SMILES string of the molecule is N#Cc1cc(-c2ccc(F)cc2)c(OCCOc2ccnc(C(F)(F)F)c2)cn1. The van der Waals surface area contributed by atoms with Crippen molar-refractivity contribution in [2.24, 2.45) is 0 Å². The van der Waals surface area contributed by atoms with Crippen LogP contribution in [-0.4, -0.2) is 23.2 Å². The van der Waals surface area contributed by atoms with Crippen LogP contribution in [0.3, 0.4) is 0 Å². The average Bonchev–Trinajstić information content (AvgIpc) is 2.71. The van der Waals surface area contributed by atoms with E-state index in [9.17, 15) is 17.6 Å². The first-order valence-electron chi connectivity index (χ1n) is 8.32. The monoisotopic (exact) mass is 403 g/mol. The van der Waals surface area contributed by atoms with Gasteiger partial charge in [-0.1, -0.05) is 12.1 Å². The fourth-order valence-electron chi connectivity index (χ4n) is 2.44. The highest BCUT2D eigenvalue weighted by Gasteiger charge is 2.32. The van der Waals surface area contributed by atoms with E-state index in [0.29, 0.717) is 16.9 Å². The minimum atomic E-state index is -4.56. The Morgan fingerprint density at radius 3 is 2.38 bits per heavy atom. The maximum atomic E-state index is 13.2. The van der Waals surface area contributed by atoms with Gasteiger partial charge in [0.1, 0.15) is 48.0 Å². The quantitative estimate of drug-likeness (QED) is 0.443. The van der Waals surface area contributed by atoms with Gasteiger partial charge in [-0.25, -0.2) is 9.37 Å². The number of benzene rings is 1. The molecule has 0 N–H and O–H groups in total. The van der Waals surface area contributed by atoms with E-state index in [0.717, 1.165) is 12.3 Å². The molecule has 0 saturated carbocycles. The van der Waals surface area contributed by atoms with Crippen molar-refractivity contribution in [3.05, 3.63) is 72.1 Å². The van der Waals surface area contributed by atoms with Crippen LogP contribution in [0.1, 0.15) is 11.4 Å². The molecule has 0 unspecified atom stereocenters. The number of aromatic nitrogens is 2. The third kappa shape index (κ3) is 5.19. The lowest BCUT2D eigenvalue weighted by molar-refractivity contribution is -0.141. The van der Waals surface area contributed by atoms with Crippen molar-refractivity contribution >= 4 is 0 Å². The van der Waals surface area contributed by atoms with Crippen molar-refractivity contribution in [3.8, 4) is 28.7 Å². The molecule has 0 atom stereocenters. The van der Waals surface area contributed by atoms with Crippen LogP contribution in [0.25, 0.3) is 11.1 Å². The number of hydrogen-bond acceptors (Lipinski definition) is 5. The number of ether oxygens (including phenoxy) is 2. The molecule has 1 aromatic carbocycles. The largest absolute Gasteiger partial charge is 0.490 e. The first-order chi connectivity index (χ1) is 13.9. The van der Waals surface area contributed by atoms with Crippen molar-refractivity contribution in [2.45, 2.75) is 6.18 Å². The fourth-order valence-corrected chi connectivity index (χ4v) is 2.44. The van der Waals surface area contributed by atoms with Gasteiger partial charge >= 0.3 is 6.18 Å². The van der Waals surface area contributed by atoms with E-state index in [1.165, 1.54) is 42.6 Å². The lowest BCUT2D eigenvalue weighted by atomic mass is 10.1. The molecule has 0 saturated heterocycles. The van der Waals surface area contributed by atoms with E-state index in [2.05, 4.69) is 9.97 Å². The minimum absolute atomic E-state index is 0.00541. The van der Waals surface area contributed by atoms with E-state index in [4.69, 9.17) is 14.7 Å². The summed E-state index contributed by atoms with van der Waals surface area (Å²) in [5.41, 5.74) is 0.250. The zero-order valence-corrected chi connectivity index (χ0v) is 14.8. The van der Waals surface area contributed by atoms with E-state index >= 15 is 0 Å². The van der Waals surface area contributed by atoms with Crippen LogP contribution in [0.15, 0.2) is 54.9 Å². The maximum absolute atomic E-state index is 13.2. The average molecular weight is 403 g/mol. The Kier molecular flexibility index (Phi) is 5.93. The van der Waals surface area contributed by atoms with Crippen molar-refractivity contribution in [1.82, 2.24) is 9.97 Å². The number of halogens is 4. The summed E-state index contributed by atoms with van der Waals surface area (Å²) in [5, 5.41) is 9.05. The van der Waals surface area contributed by atoms with Gasteiger partial charge < -0.3 is 9.47 Å². The lowest BCUT2D eigenvalue weighted by Crippen LogP contribution is -2.11. The summed E-state index contributed by atoms with van der Waals surface area (Å²) in [6.45, 7) is -0.0321. The van der Waals surface area contributed by atoms with Crippen LogP contribution in [-0.2, 0) is 6.18 Å². The zero-order valence-electron chi connectivity index (χ0n) is 14.8. The normalized spacial score (nSPS) is 11.0. The number of rotatable bonds is 6. The van der Waals surface area contributed by atoms with E-state index in [1.807, 2.05) is 6.07 Å². The Labute approximate surface area is 163 Å². The summed E-state index contributed by atoms with van der Waals surface area (Å²) in [5.74, 6) is -0.0766. The first-order valence-corrected chi connectivity index (χ1v) is 8.32. The van der Waals surface area contributed by atoms with Gasteiger partial charge in [-0.3, -0.25) is 4.98 Å². The summed E-state index contributed by atoms with van der Waals surface area (Å²) >= 11 is 0. The van der Waals surface area contributed by atoms with Crippen molar-refractivity contribution < 1.29 is 27.0 Å². The molecular formula is C20H13F4N3O2. The summed E-state index contributed by atoms with van der Waals surface area (Å²) in [6, 6.07) is 11.1. The van der Waals surface area contributed by atoms with Crippen LogP contribution in [0, 0.1) is 17.1 Å². The molecule has 2 heterocycles. The Hall–Kier alpha value is -3.67. The number of pyridine rings is 2. The molecule has 0 bridgehead atoms. The maximum Gasteiger partial charge on any atom is 0.433 e. The summed E-state index contributed by atoms with van der Waals surface area (Å²) in [6.07, 6.45) is -2.20. The van der Waals surface area contributed by atoms with E-state index in [-0.39, 0.29) is 24.7 Å². The van der Waals surface area contributed by atoms with E-state index < -0.39 is 17.7 Å². The van der Waals surface area contributed by atoms with Gasteiger partial charge in [-0.2, -0.15) is 18.4 Å². The Morgan fingerprint density at radius 2 is 1.69 bits per heavy atom. The third-order valence-electron chi connectivity index (χ3n) is 3.77. The Balaban J connectivity index is 1.68. The number of hydrogen-bond donors (Lipinski definition) is 0. The molecule has 5 nitrogen and oxygen atoms in total. The molecule has 0 fully saturated rings. The molecule has 0 aliphatic carbocycles. The summed E-state index contributed by atoms with van der Waals surface area (Å²) in [7, 11) is 0. The minimum Gasteiger partial charge on any atom is -0.490 e. The molecule has 0 radical (unpaired) electrons. The standard InChI is InChI=1S/C20H13F4N3O2/c21-14-3-1-13(2-4-14)17-9-15(11-25)27-12-18(17)29-8-7-28-16-5-6-26-19(10-16)20(22,23)24/h1-6,9-10,12H,7-8H2. The fraction of sp³-hybridized carbons (Fsp3) is 0.150. The molecule has 9 heteroatoms. The Morgan fingerprint density at radius 1 is 0.966 bits per heavy atom. The van der Waals surface area contributed by atoms with Crippen LogP contribution >= 0.6 is 0 Å². The highest BCUT2D eigenvalue weighted by molar-refractivity contribution is 5.70. The van der Waals surface area contributed by atoms with Crippen molar-refractivity contribution in [3.63, 3.8) is 0 Å². The van der Waals surface area contributed by atoms with Gasteiger partial charge in [0.2, 0.25) is 0 Å². The predicted molar refractivity (Wildman–Crippen MR) is 94.6 cm³/mol. The molecule has 0 aliphatic heterocycles. The molecule has 0 spiro atoms. The van der Waals surface area contributed by atoms with Crippen molar-refractivity contribution in [2.75, 3.05) is 13.2 Å². The van der Waals surface area contributed by atoms with Crippen LogP contribution in [0.2, 0.25) is 0 Å². The van der Waals surface area contributed by atoms with Gasteiger partial charge in [-0.15, -0.1) is 0 Å². The number of nitriles is 1. The van der Waals surface area contributed by atoms with Gasteiger partial charge in [0, 0.05) is 17.8 Å². The molecule has 0 aliphatic rings. The highest BCUT2D eigenvalue weighted by atomic mass is 19.4. The molecule has 3 rings (SSSR count). The Bertz CT molecular complexity index is 1030. The van der Waals surface area contributed by atoms with Gasteiger partial charge in [0.15, 0.2) is 0 Å². The van der Waals surface area contributed by atoms with Gasteiger partial charge in [0.25, 0.3) is 0 Å². The first kappa shape index (κ1) is 20.1. The third-order valence-corrected chi connectivity index (χ3v) is 3.77. The lowest BCUT2D eigenvalue weighted by Gasteiger charge is -2.13. The predicted octanol–water partition coefficient (Wildman–Crippen LogP) is 4.63. The second-order valence-electron chi connectivity index (χ2n) is 5.76. The second-order valence-corrected chi connectivity index (χ2v) is 5.76. The summed E-state index contributed by atoms with van der Waals surface area (Å²) in [4.78, 5) is 7.20. The van der Waals surface area contributed by atoms with Crippen molar-refractivity contribution in [1.29, 1.82) is 5.26 Å². The zero-order chi connectivity index (χ0) is 20.9. The molecular weight excluding hydrogens is 390 g/mol. The molecule has 148 valence electrons. The van der Waals surface area contributed by atoms with E-state index in [1.54, 1.807) is 0 Å². The molecule has 3 aromatic rings. The van der Waals surface area contributed by atoms with Crippen LogP contribution in [0.5, 0.6) is 11.5 Å². The topological polar surface area (TPSA) is 68.0 Å². The van der Waals surface area contributed by atoms with Gasteiger partial charge in [0.05, 0.1) is 6.20 Å². The summed E-state index contributed by atoms with van der Waals surface area (Å²) < 4.78 is 62.1. The van der Waals surface area contributed by atoms with Gasteiger partial charge in [-0.05, 0) is 29.8 Å². The number of nitrogens with zero attached hydrogens (tertiary/aromatic N) is 3. The van der Waals surface area contributed by atoms with Crippen LogP contribution < -0.4 is 9.47 Å². The molecule has 2 aromatic heterocycles. The van der Waals surface area contributed by atoms with Crippen LogP contribution in [0.4, 0.5) is 17.6 Å². The smallest absolute Gasteiger partial charge is 0.433 e. The highest BCUT2D eigenvalue weighted by Crippen LogP contribution is 2.31. The molecule has 0 amide bonds. The molecule has 29 heavy (non-hydrogen) atoms. The second kappa shape index (κ2) is 8.56. The number of alkyl halides is 3.